The summed E-state index contributed by atoms with van der Waals surface area (Å²) in [5.41, 5.74) is 2.46. The highest BCUT2D eigenvalue weighted by atomic mass is 16.2. The van der Waals surface area contributed by atoms with Crippen molar-refractivity contribution in [3.05, 3.63) is 35.4 Å². The molecule has 1 amide bonds. The van der Waals surface area contributed by atoms with Crippen LogP contribution in [0, 0.1) is 19.3 Å². The third-order valence-electron chi connectivity index (χ3n) is 2.62. The van der Waals surface area contributed by atoms with Crippen LogP contribution in [-0.4, -0.2) is 24.4 Å². The van der Waals surface area contributed by atoms with Crippen molar-refractivity contribution in [1.82, 2.24) is 4.90 Å². The second kappa shape index (κ2) is 5.97. The maximum Gasteiger partial charge on any atom is 0.223 e. The number of carbonyl (C=O) groups excluding carboxylic acids is 1. The van der Waals surface area contributed by atoms with Gasteiger partial charge in [-0.15, -0.1) is 6.42 Å². The van der Waals surface area contributed by atoms with Crippen molar-refractivity contribution < 1.29 is 4.79 Å². The summed E-state index contributed by atoms with van der Waals surface area (Å²) in [6.07, 6.45) is 6.45. The molecule has 16 heavy (non-hydrogen) atoms. The van der Waals surface area contributed by atoms with Crippen molar-refractivity contribution in [2.45, 2.75) is 19.8 Å². The topological polar surface area (TPSA) is 20.3 Å². The second-order valence-corrected chi connectivity index (χ2v) is 3.88. The first-order valence-corrected chi connectivity index (χ1v) is 5.37. The fraction of sp³-hybridized carbons (Fsp3) is 0.357. The van der Waals surface area contributed by atoms with E-state index in [1.165, 1.54) is 11.1 Å². The molecule has 0 aromatic heterocycles. The molecule has 0 spiro atoms. The predicted octanol–water partition coefficient (Wildman–Crippen LogP) is 2.02. The number of hydrogen-bond donors (Lipinski definition) is 0. The minimum atomic E-state index is 0.0983. The Kier molecular flexibility index (Phi) is 4.60. The summed E-state index contributed by atoms with van der Waals surface area (Å²) in [7, 11) is 1.74. The van der Waals surface area contributed by atoms with E-state index in [1.807, 2.05) is 12.1 Å². The molecule has 0 saturated carbocycles. The molecule has 0 bridgehead atoms. The summed E-state index contributed by atoms with van der Waals surface area (Å²) in [4.78, 5) is 13.2. The van der Waals surface area contributed by atoms with Crippen LogP contribution in [0.5, 0.6) is 0 Å². The lowest BCUT2D eigenvalue weighted by molar-refractivity contribution is -0.129. The van der Waals surface area contributed by atoms with E-state index in [2.05, 4.69) is 25.0 Å². The van der Waals surface area contributed by atoms with Gasteiger partial charge in [-0.05, 0) is 24.5 Å². The van der Waals surface area contributed by atoms with Crippen LogP contribution in [0.1, 0.15) is 17.5 Å². The van der Waals surface area contributed by atoms with E-state index in [0.29, 0.717) is 13.0 Å². The summed E-state index contributed by atoms with van der Waals surface area (Å²) in [6.45, 7) is 2.44. The molecule has 1 rings (SSSR count). The van der Waals surface area contributed by atoms with Gasteiger partial charge in [0.05, 0.1) is 6.54 Å². The molecule has 0 heterocycles. The van der Waals surface area contributed by atoms with Gasteiger partial charge >= 0.3 is 0 Å². The van der Waals surface area contributed by atoms with Crippen molar-refractivity contribution in [1.29, 1.82) is 0 Å². The van der Waals surface area contributed by atoms with Gasteiger partial charge in [0.15, 0.2) is 0 Å². The molecular formula is C14H17NO. The average Bonchev–Trinajstić information content (AvgIpc) is 2.28. The lowest BCUT2D eigenvalue weighted by Gasteiger charge is -2.14. The average molecular weight is 215 g/mol. The smallest absolute Gasteiger partial charge is 0.223 e. The number of amides is 1. The second-order valence-electron chi connectivity index (χ2n) is 3.88. The Labute approximate surface area is 97.3 Å². The molecule has 0 aliphatic carbocycles. The van der Waals surface area contributed by atoms with Crippen molar-refractivity contribution >= 4 is 5.91 Å². The summed E-state index contributed by atoms with van der Waals surface area (Å²) < 4.78 is 0. The molecular weight excluding hydrogens is 198 g/mol. The first-order chi connectivity index (χ1) is 7.65. The maximum absolute atomic E-state index is 11.6. The van der Waals surface area contributed by atoms with Gasteiger partial charge in [-0.2, -0.15) is 0 Å². The third-order valence-corrected chi connectivity index (χ3v) is 2.62. The van der Waals surface area contributed by atoms with E-state index in [9.17, 15) is 4.79 Å². The first-order valence-electron chi connectivity index (χ1n) is 5.37. The largest absolute Gasteiger partial charge is 0.335 e. The minimum absolute atomic E-state index is 0.0983. The van der Waals surface area contributed by atoms with Gasteiger partial charge < -0.3 is 4.90 Å². The molecule has 0 atom stereocenters. The highest BCUT2D eigenvalue weighted by Gasteiger charge is 2.07. The molecule has 2 nitrogen and oxygen atoms in total. The van der Waals surface area contributed by atoms with Crippen LogP contribution in [0.15, 0.2) is 24.3 Å². The van der Waals surface area contributed by atoms with Crippen molar-refractivity contribution in [3.63, 3.8) is 0 Å². The Hall–Kier alpha value is -1.75. The number of nitrogens with zero attached hydrogens (tertiary/aromatic N) is 1. The molecule has 84 valence electrons. The molecule has 1 aromatic rings. The Morgan fingerprint density at radius 3 is 2.75 bits per heavy atom. The quantitative estimate of drug-likeness (QED) is 0.704. The van der Waals surface area contributed by atoms with E-state index in [4.69, 9.17) is 6.42 Å². The van der Waals surface area contributed by atoms with Crippen LogP contribution in [0.2, 0.25) is 0 Å². The van der Waals surface area contributed by atoms with Crippen molar-refractivity contribution in [2.24, 2.45) is 0 Å². The van der Waals surface area contributed by atoms with Crippen LogP contribution in [-0.2, 0) is 11.2 Å². The third kappa shape index (κ3) is 3.43. The molecule has 1 aromatic carbocycles. The molecule has 2 heteroatoms. The molecule has 0 aliphatic rings. The number of rotatable bonds is 4. The van der Waals surface area contributed by atoms with Gasteiger partial charge in [0.2, 0.25) is 5.91 Å². The number of hydrogen-bond acceptors (Lipinski definition) is 1. The SMILES string of the molecule is C#CCN(C)C(=O)CCc1ccccc1C. The van der Waals surface area contributed by atoms with Crippen LogP contribution in [0.3, 0.4) is 0 Å². The van der Waals surface area contributed by atoms with Crippen LogP contribution in [0.4, 0.5) is 0 Å². The fourth-order valence-corrected chi connectivity index (χ4v) is 1.55. The zero-order chi connectivity index (χ0) is 12.0. The Balaban J connectivity index is 2.50. The number of benzene rings is 1. The van der Waals surface area contributed by atoms with Gasteiger partial charge in [0, 0.05) is 13.5 Å². The fourth-order valence-electron chi connectivity index (χ4n) is 1.55. The van der Waals surface area contributed by atoms with Gasteiger partial charge in [-0.25, -0.2) is 0 Å². The minimum Gasteiger partial charge on any atom is -0.335 e. The van der Waals surface area contributed by atoms with E-state index in [-0.39, 0.29) is 5.91 Å². The highest BCUT2D eigenvalue weighted by molar-refractivity contribution is 5.76. The Morgan fingerprint density at radius 1 is 1.44 bits per heavy atom. The summed E-state index contributed by atoms with van der Waals surface area (Å²) >= 11 is 0. The van der Waals surface area contributed by atoms with Crippen LogP contribution >= 0.6 is 0 Å². The zero-order valence-electron chi connectivity index (χ0n) is 9.86. The molecule has 0 N–H and O–H groups in total. The van der Waals surface area contributed by atoms with Gasteiger partial charge in [-0.3, -0.25) is 4.79 Å². The molecule has 0 fully saturated rings. The predicted molar refractivity (Wildman–Crippen MR) is 66.0 cm³/mol. The number of carbonyl (C=O) groups is 1. The number of terminal acetylenes is 1. The summed E-state index contributed by atoms with van der Waals surface area (Å²) in [5.74, 6) is 2.56. The first kappa shape index (κ1) is 12.3. The van der Waals surface area contributed by atoms with Crippen LogP contribution < -0.4 is 0 Å². The highest BCUT2D eigenvalue weighted by Crippen LogP contribution is 2.10. The van der Waals surface area contributed by atoms with E-state index >= 15 is 0 Å². The monoisotopic (exact) mass is 215 g/mol. The molecule has 0 unspecified atom stereocenters. The van der Waals surface area contributed by atoms with Crippen LogP contribution in [0.25, 0.3) is 0 Å². The number of aryl methyl sites for hydroxylation is 2. The van der Waals surface area contributed by atoms with E-state index in [1.54, 1.807) is 11.9 Å². The maximum atomic E-state index is 11.6. The Morgan fingerprint density at radius 2 is 2.12 bits per heavy atom. The molecule has 0 radical (unpaired) electrons. The normalized spacial score (nSPS) is 9.56. The van der Waals surface area contributed by atoms with Crippen molar-refractivity contribution in [3.8, 4) is 12.3 Å². The van der Waals surface area contributed by atoms with Gasteiger partial charge in [-0.1, -0.05) is 30.2 Å². The summed E-state index contributed by atoms with van der Waals surface area (Å²) in [6, 6.07) is 8.12. The van der Waals surface area contributed by atoms with Gasteiger partial charge in [0.1, 0.15) is 0 Å². The lowest BCUT2D eigenvalue weighted by atomic mass is 10.0. The van der Waals surface area contributed by atoms with Crippen molar-refractivity contribution in [2.75, 3.05) is 13.6 Å². The van der Waals surface area contributed by atoms with Gasteiger partial charge in [0.25, 0.3) is 0 Å². The van der Waals surface area contributed by atoms with E-state index < -0.39 is 0 Å². The summed E-state index contributed by atoms with van der Waals surface area (Å²) in [5, 5.41) is 0. The molecule has 0 saturated heterocycles. The Bertz CT molecular complexity index is 403. The zero-order valence-corrected chi connectivity index (χ0v) is 9.86. The lowest BCUT2D eigenvalue weighted by Crippen LogP contribution is -2.27. The van der Waals surface area contributed by atoms with E-state index in [0.717, 1.165) is 6.42 Å². The molecule has 0 aliphatic heterocycles. The standard InChI is InChI=1S/C14H17NO/c1-4-11-15(3)14(16)10-9-13-8-6-5-7-12(13)2/h1,5-8H,9-11H2,2-3H3.